The Morgan fingerprint density at radius 1 is 1.17 bits per heavy atom. The average molecular weight is 311 g/mol. The highest BCUT2D eigenvalue weighted by Crippen LogP contribution is 2.20. The van der Waals surface area contributed by atoms with Crippen LogP contribution in [-0.2, 0) is 6.54 Å². The zero-order valence-corrected chi connectivity index (χ0v) is 13.0. The van der Waals surface area contributed by atoms with Crippen molar-refractivity contribution in [1.82, 2.24) is 4.90 Å². The second kappa shape index (κ2) is 7.29. The smallest absolute Gasteiger partial charge is 0.335 e. The molecule has 1 N–H and O–H groups in total. The predicted octanol–water partition coefficient (Wildman–Crippen LogP) is 3.43. The van der Waals surface area contributed by atoms with Crippen LogP contribution in [0, 0.1) is 0 Å². The van der Waals surface area contributed by atoms with Crippen LogP contribution in [0.2, 0.25) is 0 Å². The van der Waals surface area contributed by atoms with Crippen LogP contribution in [0.3, 0.4) is 0 Å². The van der Waals surface area contributed by atoms with Gasteiger partial charge in [-0.05, 0) is 49.2 Å². The molecule has 3 rings (SSSR count). The van der Waals surface area contributed by atoms with Crippen LogP contribution in [0.25, 0.3) is 0 Å². The summed E-state index contributed by atoms with van der Waals surface area (Å²) in [4.78, 5) is 13.4. The Labute approximate surface area is 136 Å². The number of piperidine rings is 1. The first-order valence-corrected chi connectivity index (χ1v) is 7.97. The molecule has 1 saturated heterocycles. The molecule has 1 fully saturated rings. The number of benzene rings is 2. The van der Waals surface area contributed by atoms with Gasteiger partial charge in [0.25, 0.3) is 0 Å². The highest BCUT2D eigenvalue weighted by atomic mass is 16.5. The van der Waals surface area contributed by atoms with Crippen molar-refractivity contribution in [3.63, 3.8) is 0 Å². The van der Waals surface area contributed by atoms with Crippen LogP contribution in [0.1, 0.15) is 28.8 Å². The summed E-state index contributed by atoms with van der Waals surface area (Å²) in [6.07, 6.45) is 2.34. The molecule has 1 aliphatic rings. The Kier molecular flexibility index (Phi) is 4.93. The molecule has 2 aromatic rings. The van der Waals surface area contributed by atoms with Crippen molar-refractivity contribution < 1.29 is 14.6 Å². The summed E-state index contributed by atoms with van der Waals surface area (Å²) in [6, 6.07) is 17.1. The van der Waals surface area contributed by atoms with Crippen LogP contribution >= 0.6 is 0 Å². The molecular formula is C19H21NO3. The molecule has 1 atom stereocenters. The first kappa shape index (κ1) is 15.6. The van der Waals surface area contributed by atoms with E-state index < -0.39 is 5.97 Å². The van der Waals surface area contributed by atoms with Gasteiger partial charge in [0.1, 0.15) is 11.9 Å². The summed E-state index contributed by atoms with van der Waals surface area (Å²) in [6.45, 7) is 2.65. The Morgan fingerprint density at radius 3 is 2.78 bits per heavy atom. The number of ether oxygens (including phenoxy) is 1. The lowest BCUT2D eigenvalue weighted by Crippen LogP contribution is -2.40. The fourth-order valence-electron chi connectivity index (χ4n) is 3.01. The van der Waals surface area contributed by atoms with Crippen molar-refractivity contribution in [2.24, 2.45) is 0 Å². The molecule has 0 spiro atoms. The molecule has 2 aromatic carbocycles. The molecule has 120 valence electrons. The van der Waals surface area contributed by atoms with Gasteiger partial charge in [-0.2, -0.15) is 0 Å². The second-order valence-corrected chi connectivity index (χ2v) is 5.94. The van der Waals surface area contributed by atoms with E-state index in [4.69, 9.17) is 9.84 Å². The third kappa shape index (κ3) is 4.33. The van der Waals surface area contributed by atoms with Gasteiger partial charge in [-0.15, -0.1) is 0 Å². The van der Waals surface area contributed by atoms with Crippen LogP contribution in [-0.4, -0.2) is 35.2 Å². The second-order valence-electron chi connectivity index (χ2n) is 5.94. The van der Waals surface area contributed by atoms with E-state index in [1.807, 2.05) is 36.4 Å². The van der Waals surface area contributed by atoms with E-state index in [1.54, 1.807) is 18.2 Å². The number of hydrogen-bond donors (Lipinski definition) is 1. The lowest BCUT2D eigenvalue weighted by atomic mass is 10.1. The Balaban J connectivity index is 1.60. The van der Waals surface area contributed by atoms with Gasteiger partial charge in [-0.3, -0.25) is 4.90 Å². The van der Waals surface area contributed by atoms with Crippen molar-refractivity contribution in [3.8, 4) is 5.75 Å². The first-order chi connectivity index (χ1) is 11.2. The maximum Gasteiger partial charge on any atom is 0.335 e. The number of likely N-dealkylation sites (tertiary alicyclic amines) is 1. The minimum Gasteiger partial charge on any atom is -0.489 e. The van der Waals surface area contributed by atoms with E-state index >= 15 is 0 Å². The third-order valence-corrected chi connectivity index (χ3v) is 4.09. The topological polar surface area (TPSA) is 49.8 Å². The normalized spacial score (nSPS) is 18.5. The van der Waals surface area contributed by atoms with Gasteiger partial charge in [0.05, 0.1) is 5.56 Å². The van der Waals surface area contributed by atoms with Crippen LogP contribution in [0.5, 0.6) is 5.75 Å². The quantitative estimate of drug-likeness (QED) is 0.919. The van der Waals surface area contributed by atoms with Crippen LogP contribution in [0.15, 0.2) is 54.6 Å². The highest BCUT2D eigenvalue weighted by molar-refractivity contribution is 5.87. The summed E-state index contributed by atoms with van der Waals surface area (Å²) in [5.74, 6) is 0.0306. The zero-order chi connectivity index (χ0) is 16.1. The monoisotopic (exact) mass is 311 g/mol. The molecule has 23 heavy (non-hydrogen) atoms. The van der Waals surface area contributed by atoms with Gasteiger partial charge in [-0.1, -0.05) is 30.3 Å². The molecular weight excluding hydrogens is 290 g/mol. The van der Waals surface area contributed by atoms with E-state index in [0.717, 1.165) is 43.8 Å². The average Bonchev–Trinajstić information content (AvgIpc) is 2.56. The largest absolute Gasteiger partial charge is 0.489 e. The first-order valence-electron chi connectivity index (χ1n) is 7.97. The Bertz CT molecular complexity index is 657. The zero-order valence-electron chi connectivity index (χ0n) is 13.0. The van der Waals surface area contributed by atoms with E-state index in [-0.39, 0.29) is 6.10 Å². The lowest BCUT2D eigenvalue weighted by molar-refractivity contribution is 0.0695. The van der Waals surface area contributed by atoms with Crippen molar-refractivity contribution >= 4 is 5.97 Å². The Morgan fingerprint density at radius 2 is 2.00 bits per heavy atom. The maximum atomic E-state index is 11.1. The molecule has 1 aliphatic heterocycles. The number of carbonyl (C=O) groups is 1. The van der Waals surface area contributed by atoms with Crippen molar-refractivity contribution in [1.29, 1.82) is 0 Å². The number of para-hydroxylation sites is 1. The maximum absolute atomic E-state index is 11.1. The summed E-state index contributed by atoms with van der Waals surface area (Å²) < 4.78 is 6.05. The summed E-state index contributed by atoms with van der Waals surface area (Å²) in [5.41, 5.74) is 1.38. The number of nitrogens with zero attached hydrogens (tertiary/aromatic N) is 1. The molecule has 4 nitrogen and oxygen atoms in total. The third-order valence-electron chi connectivity index (χ3n) is 4.09. The molecule has 1 heterocycles. The SMILES string of the molecule is O=C(O)c1cccc(CN2CCCC(Oc3ccccc3)C2)c1. The number of carboxylic acid groups (broad SMARTS) is 1. The van der Waals surface area contributed by atoms with Gasteiger partial charge in [0, 0.05) is 13.1 Å². The lowest BCUT2D eigenvalue weighted by Gasteiger charge is -2.33. The summed E-state index contributed by atoms with van der Waals surface area (Å²) >= 11 is 0. The van der Waals surface area contributed by atoms with Crippen molar-refractivity contribution in [2.75, 3.05) is 13.1 Å². The number of carboxylic acids is 1. The number of rotatable bonds is 5. The van der Waals surface area contributed by atoms with Gasteiger partial charge >= 0.3 is 5.97 Å². The van der Waals surface area contributed by atoms with Gasteiger partial charge in [0.2, 0.25) is 0 Å². The highest BCUT2D eigenvalue weighted by Gasteiger charge is 2.21. The van der Waals surface area contributed by atoms with Gasteiger partial charge in [-0.25, -0.2) is 4.79 Å². The molecule has 4 heteroatoms. The molecule has 0 saturated carbocycles. The number of hydrogen-bond acceptors (Lipinski definition) is 3. The molecule has 1 unspecified atom stereocenters. The van der Waals surface area contributed by atoms with E-state index in [9.17, 15) is 4.79 Å². The minimum absolute atomic E-state index is 0.189. The van der Waals surface area contributed by atoms with Gasteiger partial charge in [0.15, 0.2) is 0 Å². The minimum atomic E-state index is -0.879. The van der Waals surface area contributed by atoms with Crippen molar-refractivity contribution in [3.05, 3.63) is 65.7 Å². The van der Waals surface area contributed by atoms with E-state index in [2.05, 4.69) is 4.90 Å². The van der Waals surface area contributed by atoms with Crippen LogP contribution < -0.4 is 4.74 Å². The number of aromatic carboxylic acids is 1. The van der Waals surface area contributed by atoms with E-state index in [1.165, 1.54) is 0 Å². The molecule has 0 bridgehead atoms. The van der Waals surface area contributed by atoms with Gasteiger partial charge < -0.3 is 9.84 Å². The van der Waals surface area contributed by atoms with Crippen molar-refractivity contribution in [2.45, 2.75) is 25.5 Å². The standard InChI is InChI=1S/C19H21NO3/c21-19(22)16-7-4-6-15(12-16)13-20-11-5-10-18(14-20)23-17-8-2-1-3-9-17/h1-4,6-9,12,18H,5,10-11,13-14H2,(H,21,22). The predicted molar refractivity (Wildman–Crippen MR) is 88.8 cm³/mol. The van der Waals surface area contributed by atoms with E-state index in [0.29, 0.717) is 5.56 Å². The Hall–Kier alpha value is -2.33. The summed E-state index contributed by atoms with van der Waals surface area (Å²) in [5, 5.41) is 9.09. The molecule has 0 amide bonds. The summed E-state index contributed by atoms with van der Waals surface area (Å²) in [7, 11) is 0. The molecule has 0 radical (unpaired) electrons. The molecule has 0 aliphatic carbocycles. The van der Waals surface area contributed by atoms with Crippen LogP contribution in [0.4, 0.5) is 0 Å². The molecule has 0 aromatic heterocycles. The fourth-order valence-corrected chi connectivity index (χ4v) is 3.01. The fraction of sp³-hybridized carbons (Fsp3) is 0.316.